The third kappa shape index (κ3) is 3.54. The first kappa shape index (κ1) is 13.0. The second kappa shape index (κ2) is 5.96. The molecular formula is C16H15BrO. The van der Waals surface area contributed by atoms with E-state index in [9.17, 15) is 4.79 Å². The number of halogens is 1. The predicted molar refractivity (Wildman–Crippen MR) is 78.0 cm³/mol. The van der Waals surface area contributed by atoms with E-state index >= 15 is 0 Å². The monoisotopic (exact) mass is 302 g/mol. The fraction of sp³-hybridized carbons (Fsp3) is 0.188. The van der Waals surface area contributed by atoms with Crippen LogP contribution in [0.5, 0.6) is 0 Å². The number of Topliss-reactive ketones (excluding diaryl/α,β-unsaturated/α-hetero) is 1. The van der Waals surface area contributed by atoms with Crippen molar-refractivity contribution in [3.63, 3.8) is 0 Å². The van der Waals surface area contributed by atoms with E-state index < -0.39 is 0 Å². The van der Waals surface area contributed by atoms with Crippen molar-refractivity contribution in [2.24, 2.45) is 0 Å². The zero-order chi connectivity index (χ0) is 13.0. The van der Waals surface area contributed by atoms with Crippen LogP contribution >= 0.6 is 15.9 Å². The first-order valence-corrected chi connectivity index (χ1v) is 6.79. The summed E-state index contributed by atoms with van der Waals surface area (Å²) in [4.78, 5) is 12.1. The van der Waals surface area contributed by atoms with E-state index in [1.54, 1.807) is 0 Å². The lowest BCUT2D eigenvalue weighted by Crippen LogP contribution is -2.01. The van der Waals surface area contributed by atoms with E-state index in [1.165, 1.54) is 5.56 Å². The van der Waals surface area contributed by atoms with Gasteiger partial charge in [0.1, 0.15) is 0 Å². The van der Waals surface area contributed by atoms with Crippen LogP contribution in [0, 0.1) is 6.92 Å². The number of hydrogen-bond donors (Lipinski definition) is 0. The van der Waals surface area contributed by atoms with Gasteiger partial charge in [-0.15, -0.1) is 0 Å². The molecule has 0 atom stereocenters. The van der Waals surface area contributed by atoms with Crippen molar-refractivity contribution in [2.75, 3.05) is 0 Å². The second-order valence-electron chi connectivity index (χ2n) is 4.43. The maximum Gasteiger partial charge on any atom is 0.163 e. The van der Waals surface area contributed by atoms with E-state index in [0.29, 0.717) is 6.42 Å². The zero-order valence-electron chi connectivity index (χ0n) is 10.3. The van der Waals surface area contributed by atoms with Gasteiger partial charge in [0.25, 0.3) is 0 Å². The van der Waals surface area contributed by atoms with Crippen molar-refractivity contribution in [3.8, 4) is 0 Å². The number of ketones is 1. The highest BCUT2D eigenvalue weighted by molar-refractivity contribution is 9.10. The lowest BCUT2D eigenvalue weighted by atomic mass is 10.0. The number of carbonyl (C=O) groups excluding carboxylic acids is 1. The van der Waals surface area contributed by atoms with Crippen molar-refractivity contribution in [1.29, 1.82) is 0 Å². The second-order valence-corrected chi connectivity index (χ2v) is 5.34. The summed E-state index contributed by atoms with van der Waals surface area (Å²) in [6.45, 7) is 2.00. The number of rotatable bonds is 4. The van der Waals surface area contributed by atoms with E-state index in [-0.39, 0.29) is 5.78 Å². The van der Waals surface area contributed by atoms with Crippen LogP contribution in [0.2, 0.25) is 0 Å². The summed E-state index contributed by atoms with van der Waals surface area (Å²) in [6, 6.07) is 15.9. The summed E-state index contributed by atoms with van der Waals surface area (Å²) >= 11 is 3.43. The predicted octanol–water partition coefficient (Wildman–Crippen LogP) is 4.57. The quantitative estimate of drug-likeness (QED) is 0.756. The summed E-state index contributed by atoms with van der Waals surface area (Å²) in [6.07, 6.45) is 1.35. The summed E-state index contributed by atoms with van der Waals surface area (Å²) < 4.78 is 0.963. The van der Waals surface area contributed by atoms with E-state index in [2.05, 4.69) is 28.1 Å². The van der Waals surface area contributed by atoms with Gasteiger partial charge in [0.2, 0.25) is 0 Å². The Morgan fingerprint density at radius 3 is 2.50 bits per heavy atom. The summed E-state index contributed by atoms with van der Waals surface area (Å²) in [5.74, 6) is 0.197. The summed E-state index contributed by atoms with van der Waals surface area (Å²) in [7, 11) is 0. The molecule has 0 radical (unpaired) electrons. The van der Waals surface area contributed by atoms with Gasteiger partial charge in [0, 0.05) is 16.5 Å². The normalized spacial score (nSPS) is 10.3. The molecular weight excluding hydrogens is 288 g/mol. The Hall–Kier alpha value is -1.41. The highest BCUT2D eigenvalue weighted by Crippen LogP contribution is 2.17. The molecule has 92 valence electrons. The molecule has 0 aliphatic rings. The number of benzene rings is 2. The number of aryl methyl sites for hydroxylation is 2. The highest BCUT2D eigenvalue weighted by atomic mass is 79.9. The van der Waals surface area contributed by atoms with Crippen LogP contribution in [0.1, 0.15) is 27.9 Å². The molecule has 2 aromatic rings. The molecule has 0 fully saturated rings. The van der Waals surface area contributed by atoms with Gasteiger partial charge in [-0.1, -0.05) is 46.3 Å². The van der Waals surface area contributed by atoms with Gasteiger partial charge >= 0.3 is 0 Å². The molecule has 1 nitrogen and oxygen atoms in total. The Morgan fingerprint density at radius 1 is 1.11 bits per heavy atom. The minimum absolute atomic E-state index is 0.197. The van der Waals surface area contributed by atoms with Crippen molar-refractivity contribution in [2.45, 2.75) is 19.8 Å². The Balaban J connectivity index is 2.04. The van der Waals surface area contributed by atoms with Gasteiger partial charge in [0.15, 0.2) is 5.78 Å². The molecule has 2 aromatic carbocycles. The van der Waals surface area contributed by atoms with Crippen LogP contribution in [0.3, 0.4) is 0 Å². The van der Waals surface area contributed by atoms with Gasteiger partial charge in [-0.3, -0.25) is 4.79 Å². The molecule has 0 unspecified atom stereocenters. The highest BCUT2D eigenvalue weighted by Gasteiger charge is 2.07. The lowest BCUT2D eigenvalue weighted by Gasteiger charge is -2.04. The maximum atomic E-state index is 12.1. The van der Waals surface area contributed by atoms with Crippen LogP contribution < -0.4 is 0 Å². The molecule has 0 bridgehead atoms. The molecule has 0 aliphatic carbocycles. The Kier molecular flexibility index (Phi) is 4.32. The molecule has 0 spiro atoms. The largest absolute Gasteiger partial charge is 0.294 e. The first-order chi connectivity index (χ1) is 8.65. The van der Waals surface area contributed by atoms with Crippen LogP contribution in [0.15, 0.2) is 53.0 Å². The number of hydrogen-bond acceptors (Lipinski definition) is 1. The Morgan fingerprint density at radius 2 is 1.83 bits per heavy atom. The third-order valence-electron chi connectivity index (χ3n) is 2.85. The molecule has 0 heterocycles. The summed E-state index contributed by atoms with van der Waals surface area (Å²) in [5.41, 5.74) is 3.10. The SMILES string of the molecule is Cc1cc(Br)cc(C(=O)CCc2ccccc2)c1. The average molecular weight is 303 g/mol. The standard InChI is InChI=1S/C16H15BrO/c1-12-9-14(11-15(17)10-12)16(18)8-7-13-5-3-2-4-6-13/h2-6,9-11H,7-8H2,1H3. The van der Waals surface area contributed by atoms with Gasteiger partial charge in [-0.25, -0.2) is 0 Å². The Labute approximate surface area is 116 Å². The van der Waals surface area contributed by atoms with Gasteiger partial charge in [-0.2, -0.15) is 0 Å². The van der Waals surface area contributed by atoms with Crippen LogP contribution in [-0.4, -0.2) is 5.78 Å². The van der Waals surface area contributed by atoms with E-state index in [0.717, 1.165) is 22.0 Å². The van der Waals surface area contributed by atoms with Gasteiger partial charge < -0.3 is 0 Å². The lowest BCUT2D eigenvalue weighted by molar-refractivity contribution is 0.0982. The topological polar surface area (TPSA) is 17.1 Å². The minimum Gasteiger partial charge on any atom is -0.294 e. The molecule has 0 amide bonds. The van der Waals surface area contributed by atoms with Crippen molar-refractivity contribution in [1.82, 2.24) is 0 Å². The van der Waals surface area contributed by atoms with Crippen molar-refractivity contribution in [3.05, 3.63) is 69.7 Å². The smallest absolute Gasteiger partial charge is 0.163 e. The molecule has 0 aromatic heterocycles. The molecule has 0 saturated heterocycles. The molecule has 18 heavy (non-hydrogen) atoms. The molecule has 2 rings (SSSR count). The zero-order valence-corrected chi connectivity index (χ0v) is 11.9. The van der Waals surface area contributed by atoms with Gasteiger partial charge in [-0.05, 0) is 42.7 Å². The molecule has 0 saturated carbocycles. The van der Waals surface area contributed by atoms with Crippen LogP contribution in [0.4, 0.5) is 0 Å². The fourth-order valence-electron chi connectivity index (χ4n) is 1.94. The van der Waals surface area contributed by atoms with E-state index in [4.69, 9.17) is 0 Å². The van der Waals surface area contributed by atoms with Crippen LogP contribution in [-0.2, 0) is 6.42 Å². The molecule has 0 N–H and O–H groups in total. The molecule has 0 aliphatic heterocycles. The molecule has 2 heteroatoms. The fourth-order valence-corrected chi connectivity index (χ4v) is 2.55. The van der Waals surface area contributed by atoms with Gasteiger partial charge in [0.05, 0.1) is 0 Å². The van der Waals surface area contributed by atoms with Crippen molar-refractivity contribution < 1.29 is 4.79 Å². The first-order valence-electron chi connectivity index (χ1n) is 5.99. The van der Waals surface area contributed by atoms with Crippen molar-refractivity contribution >= 4 is 21.7 Å². The van der Waals surface area contributed by atoms with E-state index in [1.807, 2.05) is 43.3 Å². The summed E-state index contributed by atoms with van der Waals surface area (Å²) in [5, 5.41) is 0. The Bertz CT molecular complexity index is 526. The van der Waals surface area contributed by atoms with Crippen LogP contribution in [0.25, 0.3) is 0 Å². The third-order valence-corrected chi connectivity index (χ3v) is 3.31. The average Bonchev–Trinajstić information content (AvgIpc) is 2.36. The minimum atomic E-state index is 0.197. The number of carbonyl (C=O) groups is 1. The maximum absolute atomic E-state index is 12.1.